The van der Waals surface area contributed by atoms with Gasteiger partial charge < -0.3 is 4.90 Å². The first-order valence-electron chi connectivity index (χ1n) is 8.42. The Labute approximate surface area is 168 Å². The quantitative estimate of drug-likeness (QED) is 0.743. The number of hydrogen-bond donors (Lipinski definition) is 0. The molecule has 0 spiro atoms. The molecule has 1 aromatic heterocycles. The van der Waals surface area contributed by atoms with E-state index in [9.17, 15) is 13.2 Å². The third-order valence-electron chi connectivity index (χ3n) is 4.59. The second kappa shape index (κ2) is 7.79. The van der Waals surface area contributed by atoms with Gasteiger partial charge in [0.2, 0.25) is 15.9 Å². The van der Waals surface area contributed by atoms with Crippen LogP contribution in [0.2, 0.25) is 10.2 Å². The molecule has 0 N–H and O–H groups in total. The van der Waals surface area contributed by atoms with E-state index < -0.39 is 10.0 Å². The lowest BCUT2D eigenvalue weighted by Crippen LogP contribution is -2.51. The Bertz CT molecular complexity index is 967. The lowest BCUT2D eigenvalue weighted by molar-refractivity contribution is -0.131. The molecular formula is C17H20Cl2N4O3S. The van der Waals surface area contributed by atoms with E-state index in [0.717, 1.165) is 5.56 Å². The molecule has 27 heavy (non-hydrogen) atoms. The normalized spacial score (nSPS) is 15.9. The number of sulfonamides is 1. The zero-order valence-corrected chi connectivity index (χ0v) is 17.4. The van der Waals surface area contributed by atoms with Crippen LogP contribution in [0.25, 0.3) is 0 Å². The van der Waals surface area contributed by atoms with Gasteiger partial charge in [-0.2, -0.15) is 9.40 Å². The number of halogens is 2. The van der Waals surface area contributed by atoms with E-state index in [4.69, 9.17) is 23.2 Å². The van der Waals surface area contributed by atoms with Crippen molar-refractivity contribution in [3.63, 3.8) is 0 Å². The zero-order chi connectivity index (χ0) is 19.8. The van der Waals surface area contributed by atoms with Gasteiger partial charge in [0, 0.05) is 38.2 Å². The van der Waals surface area contributed by atoms with Crippen molar-refractivity contribution in [2.24, 2.45) is 7.05 Å². The van der Waals surface area contributed by atoms with Crippen molar-refractivity contribution in [2.45, 2.75) is 18.2 Å². The SMILES string of the molecule is Cc1nn(C)c(Cl)c1S(=O)(=O)N1CCN(C(=O)Cc2ccccc2Cl)CC1. The molecule has 0 unspecified atom stereocenters. The predicted molar refractivity (Wildman–Crippen MR) is 103 cm³/mol. The topological polar surface area (TPSA) is 75.5 Å². The molecule has 2 aromatic rings. The van der Waals surface area contributed by atoms with Crippen LogP contribution < -0.4 is 0 Å². The van der Waals surface area contributed by atoms with Crippen LogP contribution in [0.4, 0.5) is 0 Å². The highest BCUT2D eigenvalue weighted by Crippen LogP contribution is 2.28. The number of piperazine rings is 1. The maximum Gasteiger partial charge on any atom is 0.248 e. The number of nitrogens with zero attached hydrogens (tertiary/aromatic N) is 4. The molecular weight excluding hydrogens is 411 g/mol. The fourth-order valence-electron chi connectivity index (χ4n) is 3.13. The molecule has 0 saturated carbocycles. The summed E-state index contributed by atoms with van der Waals surface area (Å²) in [4.78, 5) is 14.2. The molecule has 2 heterocycles. The molecule has 1 saturated heterocycles. The summed E-state index contributed by atoms with van der Waals surface area (Å²) in [5.74, 6) is -0.0734. The standard InChI is InChI=1S/C17H20Cl2N4O3S/c1-12-16(17(19)21(2)20-12)27(25,26)23-9-7-22(8-10-23)15(24)11-13-5-3-4-6-14(13)18/h3-6H,7-11H2,1-2H3. The van der Waals surface area contributed by atoms with E-state index in [1.54, 1.807) is 24.9 Å². The molecule has 7 nitrogen and oxygen atoms in total. The molecule has 1 aliphatic heterocycles. The second-order valence-electron chi connectivity index (χ2n) is 6.38. The van der Waals surface area contributed by atoms with Crippen molar-refractivity contribution < 1.29 is 13.2 Å². The lowest BCUT2D eigenvalue weighted by atomic mass is 10.1. The number of carbonyl (C=O) groups excluding carboxylic acids is 1. The first kappa shape index (κ1) is 20.1. The minimum Gasteiger partial charge on any atom is -0.340 e. The van der Waals surface area contributed by atoms with Crippen LogP contribution in [0.5, 0.6) is 0 Å². The van der Waals surface area contributed by atoms with Crippen LogP contribution in [0.3, 0.4) is 0 Å². The van der Waals surface area contributed by atoms with E-state index in [1.165, 1.54) is 8.99 Å². The van der Waals surface area contributed by atoms with Gasteiger partial charge in [0.15, 0.2) is 0 Å². The predicted octanol–water partition coefficient (Wildman–Crippen LogP) is 2.11. The highest BCUT2D eigenvalue weighted by Gasteiger charge is 2.34. The molecule has 0 radical (unpaired) electrons. The van der Waals surface area contributed by atoms with Crippen LogP contribution in [-0.2, 0) is 28.3 Å². The Kier molecular flexibility index (Phi) is 5.81. The van der Waals surface area contributed by atoms with Gasteiger partial charge in [0.1, 0.15) is 10.0 Å². The van der Waals surface area contributed by atoms with Gasteiger partial charge in [-0.3, -0.25) is 9.48 Å². The summed E-state index contributed by atoms with van der Waals surface area (Å²) in [7, 11) is -2.16. The first-order valence-corrected chi connectivity index (χ1v) is 10.6. The monoisotopic (exact) mass is 430 g/mol. The van der Waals surface area contributed by atoms with Crippen LogP contribution in [-0.4, -0.2) is 59.5 Å². The summed E-state index contributed by atoms with van der Waals surface area (Å²) >= 11 is 12.2. The largest absolute Gasteiger partial charge is 0.340 e. The second-order valence-corrected chi connectivity index (χ2v) is 9.02. The minimum absolute atomic E-state index is 0.0301. The summed E-state index contributed by atoms with van der Waals surface area (Å²) < 4.78 is 28.5. The molecule has 0 atom stereocenters. The van der Waals surface area contributed by atoms with Crippen molar-refractivity contribution in [3.05, 3.63) is 45.7 Å². The van der Waals surface area contributed by atoms with Crippen molar-refractivity contribution in [3.8, 4) is 0 Å². The first-order chi connectivity index (χ1) is 12.7. The van der Waals surface area contributed by atoms with E-state index in [-0.39, 0.29) is 35.5 Å². The maximum absolute atomic E-state index is 12.9. The van der Waals surface area contributed by atoms with Gasteiger partial charge in [0.05, 0.1) is 12.1 Å². The molecule has 0 bridgehead atoms. The number of benzene rings is 1. The fourth-order valence-corrected chi connectivity index (χ4v) is 5.46. The third-order valence-corrected chi connectivity index (χ3v) is 7.55. The Hall–Kier alpha value is -1.61. The molecule has 1 aromatic carbocycles. The van der Waals surface area contributed by atoms with Gasteiger partial charge in [-0.15, -0.1) is 0 Å². The van der Waals surface area contributed by atoms with E-state index >= 15 is 0 Å². The average molecular weight is 431 g/mol. The molecule has 1 fully saturated rings. The number of carbonyl (C=O) groups is 1. The Morgan fingerprint density at radius 1 is 1.15 bits per heavy atom. The third kappa shape index (κ3) is 3.99. The van der Waals surface area contributed by atoms with Gasteiger partial charge in [-0.05, 0) is 18.6 Å². The number of aromatic nitrogens is 2. The molecule has 1 aliphatic rings. The van der Waals surface area contributed by atoms with Crippen molar-refractivity contribution in [1.29, 1.82) is 0 Å². The van der Waals surface area contributed by atoms with E-state index in [1.807, 2.05) is 18.2 Å². The number of amides is 1. The highest BCUT2D eigenvalue weighted by atomic mass is 35.5. The van der Waals surface area contributed by atoms with Crippen molar-refractivity contribution in [2.75, 3.05) is 26.2 Å². The smallest absolute Gasteiger partial charge is 0.248 e. The summed E-state index contributed by atoms with van der Waals surface area (Å²) in [6.45, 7) is 2.67. The van der Waals surface area contributed by atoms with Crippen LogP contribution >= 0.6 is 23.2 Å². The Morgan fingerprint density at radius 2 is 1.78 bits per heavy atom. The molecule has 1 amide bonds. The van der Waals surface area contributed by atoms with Gasteiger partial charge >= 0.3 is 0 Å². The number of rotatable bonds is 4. The molecule has 10 heteroatoms. The van der Waals surface area contributed by atoms with Gasteiger partial charge in [-0.1, -0.05) is 41.4 Å². The molecule has 3 rings (SSSR count). The minimum atomic E-state index is -3.76. The van der Waals surface area contributed by atoms with E-state index in [2.05, 4.69) is 5.10 Å². The van der Waals surface area contributed by atoms with Crippen molar-refractivity contribution >= 4 is 39.1 Å². The van der Waals surface area contributed by atoms with Crippen LogP contribution in [0.1, 0.15) is 11.3 Å². The molecule has 0 aliphatic carbocycles. The summed E-state index contributed by atoms with van der Waals surface area (Å²) in [6.07, 6.45) is 0.194. The average Bonchev–Trinajstić information content (AvgIpc) is 2.89. The summed E-state index contributed by atoms with van der Waals surface area (Å²) in [5, 5.41) is 4.71. The van der Waals surface area contributed by atoms with Crippen LogP contribution in [0.15, 0.2) is 29.2 Å². The lowest BCUT2D eigenvalue weighted by Gasteiger charge is -2.34. The summed E-state index contributed by atoms with van der Waals surface area (Å²) in [6, 6.07) is 7.20. The maximum atomic E-state index is 12.9. The Morgan fingerprint density at radius 3 is 2.33 bits per heavy atom. The van der Waals surface area contributed by atoms with Crippen molar-refractivity contribution in [1.82, 2.24) is 19.0 Å². The number of aryl methyl sites for hydroxylation is 2. The highest BCUT2D eigenvalue weighted by molar-refractivity contribution is 7.89. The van der Waals surface area contributed by atoms with Gasteiger partial charge in [0.25, 0.3) is 0 Å². The summed E-state index contributed by atoms with van der Waals surface area (Å²) in [5.41, 5.74) is 1.12. The van der Waals surface area contributed by atoms with Crippen LogP contribution in [0, 0.1) is 6.92 Å². The van der Waals surface area contributed by atoms with E-state index in [0.29, 0.717) is 23.8 Å². The zero-order valence-electron chi connectivity index (χ0n) is 15.0. The van der Waals surface area contributed by atoms with Gasteiger partial charge in [-0.25, -0.2) is 8.42 Å². The fraction of sp³-hybridized carbons (Fsp3) is 0.412. The number of hydrogen-bond acceptors (Lipinski definition) is 4. The molecule has 146 valence electrons. The Balaban J connectivity index is 1.68.